The van der Waals surface area contributed by atoms with Crippen LogP contribution in [0, 0.1) is 0 Å². The van der Waals surface area contributed by atoms with Gasteiger partial charge in [0.2, 0.25) is 0 Å². The van der Waals surface area contributed by atoms with Gasteiger partial charge in [0.05, 0.1) is 26.0 Å². The summed E-state index contributed by atoms with van der Waals surface area (Å²) in [5.74, 6) is 2.63. The molecular weight excluding hydrogens is 452 g/mol. The van der Waals surface area contributed by atoms with Gasteiger partial charge in [-0.05, 0) is 79.7 Å². The van der Waals surface area contributed by atoms with E-state index in [1.54, 1.807) is 24.5 Å². The van der Waals surface area contributed by atoms with Crippen LogP contribution < -0.4 is 19.5 Å². The predicted octanol–water partition coefficient (Wildman–Crippen LogP) is 4.91. The molecule has 0 unspecified atom stereocenters. The molecule has 2 aromatic carbocycles. The second-order valence-corrected chi connectivity index (χ2v) is 7.85. The minimum atomic E-state index is -0.192. The normalized spacial score (nSPS) is 14.4. The van der Waals surface area contributed by atoms with Crippen molar-refractivity contribution in [1.29, 1.82) is 0 Å². The smallest absolute Gasteiger partial charge is 0.276 e. The summed E-state index contributed by atoms with van der Waals surface area (Å²) in [7, 11) is 0. The predicted molar refractivity (Wildman–Crippen MR) is 133 cm³/mol. The van der Waals surface area contributed by atoms with Crippen LogP contribution in [0.5, 0.6) is 17.2 Å². The Kier molecular flexibility index (Phi) is 7.49. The number of benzene rings is 2. The SMILES string of the molecule is CCOc1ccc(COc2ccc(/C=C3/NC(=S)N(Cc4ccco4)C3=O)cc2)cc1OCC. The fourth-order valence-corrected chi connectivity index (χ4v) is 3.71. The minimum absolute atomic E-state index is 0.192. The molecule has 0 aliphatic carbocycles. The number of thiocarbonyl (C=S) groups is 1. The molecule has 4 rings (SSSR count). The van der Waals surface area contributed by atoms with E-state index < -0.39 is 0 Å². The van der Waals surface area contributed by atoms with Crippen molar-refractivity contribution >= 4 is 29.3 Å². The van der Waals surface area contributed by atoms with Gasteiger partial charge in [-0.1, -0.05) is 18.2 Å². The van der Waals surface area contributed by atoms with Gasteiger partial charge in [-0.3, -0.25) is 9.69 Å². The van der Waals surface area contributed by atoms with Crippen LogP contribution in [0.2, 0.25) is 0 Å². The van der Waals surface area contributed by atoms with Crippen LogP contribution in [0.1, 0.15) is 30.7 Å². The Balaban J connectivity index is 1.38. The van der Waals surface area contributed by atoms with Crippen LogP contribution >= 0.6 is 12.2 Å². The highest BCUT2D eigenvalue weighted by molar-refractivity contribution is 7.80. The molecule has 7 nitrogen and oxygen atoms in total. The molecule has 2 heterocycles. The zero-order valence-electron chi connectivity index (χ0n) is 19.1. The first-order chi connectivity index (χ1) is 16.6. The fraction of sp³-hybridized carbons (Fsp3) is 0.231. The molecule has 0 spiro atoms. The molecule has 34 heavy (non-hydrogen) atoms. The Morgan fingerprint density at radius 3 is 2.47 bits per heavy atom. The molecule has 0 radical (unpaired) electrons. The number of furan rings is 1. The van der Waals surface area contributed by atoms with Gasteiger partial charge in [0.1, 0.15) is 23.8 Å². The molecule has 8 heteroatoms. The van der Waals surface area contributed by atoms with E-state index >= 15 is 0 Å². The maximum atomic E-state index is 12.7. The van der Waals surface area contributed by atoms with E-state index in [-0.39, 0.29) is 5.91 Å². The zero-order valence-corrected chi connectivity index (χ0v) is 19.9. The number of hydrogen-bond donors (Lipinski definition) is 1. The Bertz CT molecular complexity index is 1170. The standard InChI is InChI=1S/C26H26N2O5S/c1-3-30-23-12-9-19(15-24(23)31-4-2)17-33-20-10-7-18(8-11-20)14-22-25(29)28(26(34)27-22)16-21-6-5-13-32-21/h5-15H,3-4,16-17H2,1-2H3,(H,27,34)/b22-14+. The van der Waals surface area contributed by atoms with E-state index in [1.165, 1.54) is 4.90 Å². The number of carbonyl (C=O) groups is 1. The lowest BCUT2D eigenvalue weighted by atomic mass is 10.1. The second kappa shape index (κ2) is 10.9. The van der Waals surface area contributed by atoms with Crippen molar-refractivity contribution in [3.8, 4) is 17.2 Å². The number of nitrogens with one attached hydrogen (secondary N) is 1. The monoisotopic (exact) mass is 478 g/mol. The minimum Gasteiger partial charge on any atom is -0.490 e. The lowest BCUT2D eigenvalue weighted by molar-refractivity contribution is -0.122. The highest BCUT2D eigenvalue weighted by atomic mass is 32.1. The Morgan fingerprint density at radius 2 is 1.76 bits per heavy atom. The van der Waals surface area contributed by atoms with Gasteiger partial charge in [0, 0.05) is 0 Å². The Labute approximate surface area is 203 Å². The topological polar surface area (TPSA) is 73.2 Å². The molecule has 3 aromatic rings. The molecule has 1 fully saturated rings. The van der Waals surface area contributed by atoms with Crippen molar-refractivity contribution in [2.24, 2.45) is 0 Å². The number of hydrogen-bond acceptors (Lipinski definition) is 6. The van der Waals surface area contributed by atoms with Crippen LogP contribution in [-0.2, 0) is 17.9 Å². The zero-order chi connectivity index (χ0) is 23.9. The van der Waals surface area contributed by atoms with Crippen molar-refractivity contribution in [3.63, 3.8) is 0 Å². The third-order valence-electron chi connectivity index (χ3n) is 5.06. The first-order valence-corrected chi connectivity index (χ1v) is 11.5. The lowest BCUT2D eigenvalue weighted by Gasteiger charge is -2.13. The first kappa shape index (κ1) is 23.4. The van der Waals surface area contributed by atoms with Gasteiger partial charge in [-0.2, -0.15) is 0 Å². The fourth-order valence-electron chi connectivity index (χ4n) is 3.45. The van der Waals surface area contributed by atoms with Crippen molar-refractivity contribution < 1.29 is 23.4 Å². The molecule has 0 bridgehead atoms. The van der Waals surface area contributed by atoms with Gasteiger partial charge >= 0.3 is 0 Å². The van der Waals surface area contributed by atoms with E-state index in [4.69, 9.17) is 30.8 Å². The van der Waals surface area contributed by atoms with E-state index in [1.807, 2.05) is 56.3 Å². The highest BCUT2D eigenvalue weighted by Gasteiger charge is 2.31. The van der Waals surface area contributed by atoms with E-state index in [9.17, 15) is 4.79 Å². The Hall–Kier alpha value is -3.78. The molecule has 1 N–H and O–H groups in total. The molecule has 0 atom stereocenters. The molecule has 1 aliphatic rings. The van der Waals surface area contributed by atoms with Gasteiger partial charge in [-0.15, -0.1) is 0 Å². The summed E-state index contributed by atoms with van der Waals surface area (Å²) < 4.78 is 22.5. The number of nitrogens with zero attached hydrogens (tertiary/aromatic N) is 1. The van der Waals surface area contributed by atoms with Gasteiger partial charge in [-0.25, -0.2) is 0 Å². The maximum absolute atomic E-state index is 12.7. The molecule has 176 valence electrons. The largest absolute Gasteiger partial charge is 0.490 e. The average molecular weight is 479 g/mol. The summed E-state index contributed by atoms with van der Waals surface area (Å²) in [6.45, 7) is 5.70. The van der Waals surface area contributed by atoms with Crippen LogP contribution in [0.3, 0.4) is 0 Å². The van der Waals surface area contributed by atoms with Crippen molar-refractivity contribution in [2.45, 2.75) is 27.0 Å². The van der Waals surface area contributed by atoms with Crippen molar-refractivity contribution in [3.05, 3.63) is 83.4 Å². The maximum Gasteiger partial charge on any atom is 0.276 e. The molecule has 1 amide bonds. The van der Waals surface area contributed by atoms with E-state index in [0.29, 0.717) is 48.7 Å². The number of rotatable bonds is 10. The van der Waals surface area contributed by atoms with Gasteiger partial charge in [0.15, 0.2) is 16.6 Å². The Morgan fingerprint density at radius 1 is 1.00 bits per heavy atom. The third-order valence-corrected chi connectivity index (χ3v) is 5.38. The summed E-state index contributed by atoms with van der Waals surface area (Å²) >= 11 is 5.31. The first-order valence-electron chi connectivity index (χ1n) is 11.1. The van der Waals surface area contributed by atoms with Crippen LogP contribution in [0.25, 0.3) is 6.08 Å². The molecule has 1 saturated heterocycles. The lowest BCUT2D eigenvalue weighted by Crippen LogP contribution is -2.29. The summed E-state index contributed by atoms with van der Waals surface area (Å²) in [6.07, 6.45) is 3.34. The van der Waals surface area contributed by atoms with Crippen LogP contribution in [-0.4, -0.2) is 29.1 Å². The quantitative estimate of drug-likeness (QED) is 0.328. The van der Waals surface area contributed by atoms with Crippen LogP contribution in [0.4, 0.5) is 0 Å². The van der Waals surface area contributed by atoms with Crippen LogP contribution in [0.15, 0.2) is 71.0 Å². The number of ether oxygens (including phenoxy) is 3. The molecule has 1 aromatic heterocycles. The summed E-state index contributed by atoms with van der Waals surface area (Å²) in [6, 6.07) is 16.9. The second-order valence-electron chi connectivity index (χ2n) is 7.46. The van der Waals surface area contributed by atoms with E-state index in [0.717, 1.165) is 22.6 Å². The summed E-state index contributed by atoms with van der Waals surface area (Å²) in [5, 5.41) is 3.33. The highest BCUT2D eigenvalue weighted by Crippen LogP contribution is 2.29. The number of amides is 1. The van der Waals surface area contributed by atoms with E-state index in [2.05, 4.69) is 5.32 Å². The summed E-state index contributed by atoms with van der Waals surface area (Å²) in [4.78, 5) is 14.2. The molecule has 1 aliphatic heterocycles. The third kappa shape index (κ3) is 5.58. The average Bonchev–Trinajstić information content (AvgIpc) is 3.44. The molecule has 0 saturated carbocycles. The molecular formula is C26H26N2O5S. The van der Waals surface area contributed by atoms with Crippen molar-refractivity contribution in [2.75, 3.05) is 13.2 Å². The summed E-state index contributed by atoms with van der Waals surface area (Å²) in [5.41, 5.74) is 2.25. The van der Waals surface area contributed by atoms with Gasteiger partial charge in [0.25, 0.3) is 5.91 Å². The van der Waals surface area contributed by atoms with Crippen molar-refractivity contribution in [1.82, 2.24) is 10.2 Å². The number of carbonyl (C=O) groups excluding carboxylic acids is 1. The van der Waals surface area contributed by atoms with Gasteiger partial charge < -0.3 is 23.9 Å².